The van der Waals surface area contributed by atoms with Gasteiger partial charge in [0.2, 0.25) is 8.32 Å². The first-order valence-electron chi connectivity index (χ1n) is 10.9. The molecule has 0 aliphatic carbocycles. The van der Waals surface area contributed by atoms with E-state index in [1.54, 1.807) is 13.0 Å². The predicted octanol–water partition coefficient (Wildman–Crippen LogP) is 2.81. The van der Waals surface area contributed by atoms with E-state index in [4.69, 9.17) is 18.6 Å². The Hall–Kier alpha value is -2.24. The summed E-state index contributed by atoms with van der Waals surface area (Å²) < 4.78 is 22.2. The average molecular weight is 514 g/mol. The number of methoxy groups -OCH3 is 2. The van der Waals surface area contributed by atoms with Gasteiger partial charge in [0.1, 0.15) is 24.1 Å². The SMILES string of the molecule is COC(=O)[C@@H]1CSCc2c(O[Si](C)(C)C(C)(C)C)cc(OC)c(C)c2C(=O)OC[C@H](O)C(=O)N1. The number of cyclic esters (lactones) is 1. The van der Waals surface area contributed by atoms with E-state index in [-0.39, 0.29) is 16.4 Å². The van der Waals surface area contributed by atoms with Crippen molar-refractivity contribution in [2.45, 2.75) is 63.7 Å². The Labute approximate surface area is 206 Å². The summed E-state index contributed by atoms with van der Waals surface area (Å²) >= 11 is 1.33. The number of fused-ring (bicyclic) bond motifs is 1. The highest BCUT2D eigenvalue weighted by atomic mass is 32.2. The molecule has 1 aliphatic heterocycles. The largest absolute Gasteiger partial charge is 0.543 e. The fourth-order valence-corrected chi connectivity index (χ4v) is 5.20. The minimum absolute atomic E-state index is 0.0958. The summed E-state index contributed by atoms with van der Waals surface area (Å²) in [5, 5.41) is 12.5. The van der Waals surface area contributed by atoms with Crippen molar-refractivity contribution < 1.29 is 38.1 Å². The number of hydrogen-bond donors (Lipinski definition) is 2. The third-order valence-corrected chi connectivity index (χ3v) is 11.6. The van der Waals surface area contributed by atoms with E-state index in [9.17, 15) is 19.5 Å². The van der Waals surface area contributed by atoms with E-state index in [1.165, 1.54) is 26.0 Å². The number of benzene rings is 1. The van der Waals surface area contributed by atoms with Crippen LogP contribution in [0.4, 0.5) is 0 Å². The highest BCUT2D eigenvalue weighted by Gasteiger charge is 2.40. The molecule has 0 unspecified atom stereocenters. The van der Waals surface area contributed by atoms with Crippen LogP contribution in [0.2, 0.25) is 18.1 Å². The predicted molar refractivity (Wildman–Crippen MR) is 132 cm³/mol. The lowest BCUT2D eigenvalue weighted by atomic mass is 10.0. The lowest BCUT2D eigenvalue weighted by Crippen LogP contribution is -2.48. The van der Waals surface area contributed by atoms with Gasteiger partial charge >= 0.3 is 11.9 Å². The lowest BCUT2D eigenvalue weighted by Gasteiger charge is -2.37. The molecular formula is C23H35NO8SSi. The molecule has 34 heavy (non-hydrogen) atoms. The van der Waals surface area contributed by atoms with Crippen LogP contribution >= 0.6 is 11.8 Å². The molecule has 1 aromatic carbocycles. The van der Waals surface area contributed by atoms with E-state index in [0.29, 0.717) is 28.4 Å². The van der Waals surface area contributed by atoms with Crippen molar-refractivity contribution in [3.8, 4) is 11.5 Å². The van der Waals surface area contributed by atoms with Crippen LogP contribution in [0.1, 0.15) is 42.3 Å². The molecule has 0 spiro atoms. The molecule has 0 fully saturated rings. The Morgan fingerprint density at radius 2 is 1.88 bits per heavy atom. The second kappa shape index (κ2) is 11.0. The van der Waals surface area contributed by atoms with Crippen molar-refractivity contribution >= 4 is 37.9 Å². The van der Waals surface area contributed by atoms with Crippen molar-refractivity contribution in [1.82, 2.24) is 5.32 Å². The average Bonchev–Trinajstić information content (AvgIpc) is 2.75. The normalized spacial score (nSPS) is 20.1. The number of aliphatic hydroxyl groups excluding tert-OH is 1. The number of esters is 2. The molecule has 0 saturated heterocycles. The maximum absolute atomic E-state index is 13.1. The Kier molecular flexibility index (Phi) is 9.06. The molecule has 1 heterocycles. The topological polar surface area (TPSA) is 120 Å². The summed E-state index contributed by atoms with van der Waals surface area (Å²) in [5.74, 6) is -0.684. The van der Waals surface area contributed by atoms with Gasteiger partial charge in [-0.15, -0.1) is 0 Å². The summed E-state index contributed by atoms with van der Waals surface area (Å²) in [6.07, 6.45) is -1.64. The van der Waals surface area contributed by atoms with Gasteiger partial charge in [-0.1, -0.05) is 20.8 Å². The molecule has 1 aromatic rings. The van der Waals surface area contributed by atoms with Gasteiger partial charge in [-0.05, 0) is 25.1 Å². The summed E-state index contributed by atoms with van der Waals surface area (Å²) in [6.45, 7) is 11.7. The number of carbonyl (C=O) groups is 3. The molecule has 190 valence electrons. The van der Waals surface area contributed by atoms with Gasteiger partial charge in [-0.2, -0.15) is 11.8 Å². The Bertz CT molecular complexity index is 944. The van der Waals surface area contributed by atoms with Crippen molar-refractivity contribution in [2.24, 2.45) is 0 Å². The number of hydrogen-bond acceptors (Lipinski definition) is 9. The van der Waals surface area contributed by atoms with E-state index in [1.807, 2.05) is 0 Å². The highest BCUT2D eigenvalue weighted by molar-refractivity contribution is 7.98. The van der Waals surface area contributed by atoms with Crippen molar-refractivity contribution in [3.63, 3.8) is 0 Å². The minimum atomic E-state index is -2.29. The standard InChI is InChI=1S/C23H35NO8SSi/c1-13-17(29-5)9-18(32-34(7,8)23(2,3)4)14-11-33-12-15(21(27)30-6)24-20(26)16(25)10-31-22(28)19(13)14/h9,15-16,25H,10-12H2,1-8H3,(H,24,26)/t15-,16-/m0/s1. The zero-order valence-corrected chi connectivity index (χ0v) is 22.9. The summed E-state index contributed by atoms with van der Waals surface area (Å²) in [7, 11) is 0.440. The number of aliphatic hydroxyl groups is 1. The Morgan fingerprint density at radius 1 is 1.24 bits per heavy atom. The van der Waals surface area contributed by atoms with Crippen LogP contribution in [0.3, 0.4) is 0 Å². The van der Waals surface area contributed by atoms with Gasteiger partial charge in [0, 0.05) is 28.7 Å². The first-order valence-corrected chi connectivity index (χ1v) is 15.0. The molecular weight excluding hydrogens is 478 g/mol. The molecule has 1 amide bonds. The fraction of sp³-hybridized carbons (Fsp3) is 0.609. The van der Waals surface area contributed by atoms with E-state index in [2.05, 4.69) is 39.2 Å². The summed E-state index contributed by atoms with van der Waals surface area (Å²) in [5.41, 5.74) is 1.44. The van der Waals surface area contributed by atoms with Gasteiger partial charge in [0.15, 0.2) is 6.10 Å². The maximum Gasteiger partial charge on any atom is 0.339 e. The van der Waals surface area contributed by atoms with Crippen molar-refractivity contribution in [3.05, 3.63) is 22.8 Å². The van der Waals surface area contributed by atoms with Crippen LogP contribution < -0.4 is 14.5 Å². The fourth-order valence-electron chi connectivity index (χ4n) is 3.10. The summed E-state index contributed by atoms with van der Waals surface area (Å²) in [4.78, 5) is 37.6. The van der Waals surface area contributed by atoms with Gasteiger partial charge in [-0.25, -0.2) is 9.59 Å². The first kappa shape index (κ1) is 28.0. The zero-order valence-electron chi connectivity index (χ0n) is 21.1. The van der Waals surface area contributed by atoms with Gasteiger partial charge in [0.25, 0.3) is 5.91 Å². The molecule has 11 heteroatoms. The van der Waals surface area contributed by atoms with Crippen LogP contribution in [0, 0.1) is 6.92 Å². The van der Waals surface area contributed by atoms with E-state index >= 15 is 0 Å². The van der Waals surface area contributed by atoms with Crippen LogP contribution in [-0.4, -0.2) is 70.0 Å². The monoisotopic (exact) mass is 513 g/mol. The molecule has 0 radical (unpaired) electrons. The first-order chi connectivity index (χ1) is 15.7. The zero-order chi connectivity index (χ0) is 25.8. The Morgan fingerprint density at radius 3 is 2.44 bits per heavy atom. The number of carbonyl (C=O) groups excluding carboxylic acids is 3. The highest BCUT2D eigenvalue weighted by Crippen LogP contribution is 2.42. The molecule has 0 bridgehead atoms. The van der Waals surface area contributed by atoms with Crippen LogP contribution in [0.5, 0.6) is 11.5 Å². The molecule has 1 aliphatic rings. The quantitative estimate of drug-likeness (QED) is 0.462. The number of thioether (sulfide) groups is 1. The molecule has 0 aromatic heterocycles. The van der Waals surface area contributed by atoms with Crippen LogP contribution in [-0.2, 0) is 24.8 Å². The molecule has 0 saturated carbocycles. The van der Waals surface area contributed by atoms with Crippen LogP contribution in [0.25, 0.3) is 0 Å². The Balaban J connectivity index is 2.62. The maximum atomic E-state index is 13.1. The molecule has 2 N–H and O–H groups in total. The molecule has 2 atom stereocenters. The van der Waals surface area contributed by atoms with Gasteiger partial charge in [0.05, 0.1) is 19.8 Å². The number of ether oxygens (including phenoxy) is 3. The number of rotatable bonds is 4. The number of amides is 1. The molecule has 2 rings (SSSR count). The van der Waals surface area contributed by atoms with E-state index in [0.717, 1.165) is 0 Å². The van der Waals surface area contributed by atoms with Gasteiger partial charge < -0.3 is 29.1 Å². The minimum Gasteiger partial charge on any atom is -0.543 e. The second-order valence-corrected chi connectivity index (χ2v) is 15.4. The van der Waals surface area contributed by atoms with Crippen LogP contribution in [0.15, 0.2) is 6.07 Å². The smallest absolute Gasteiger partial charge is 0.339 e. The van der Waals surface area contributed by atoms with Gasteiger partial charge in [-0.3, -0.25) is 4.79 Å². The number of nitrogens with one attached hydrogen (secondary N) is 1. The third kappa shape index (κ3) is 6.25. The van der Waals surface area contributed by atoms with Crippen molar-refractivity contribution in [1.29, 1.82) is 0 Å². The second-order valence-electron chi connectivity index (χ2n) is 9.63. The third-order valence-electron chi connectivity index (χ3n) is 6.21. The van der Waals surface area contributed by atoms with E-state index < -0.39 is 44.9 Å². The summed E-state index contributed by atoms with van der Waals surface area (Å²) in [6, 6.07) is 0.808. The van der Waals surface area contributed by atoms with Crippen molar-refractivity contribution in [2.75, 3.05) is 26.6 Å². The lowest BCUT2D eigenvalue weighted by molar-refractivity contribution is -0.146. The molecule has 9 nitrogen and oxygen atoms in total.